The van der Waals surface area contributed by atoms with Crippen LogP contribution in [0.15, 0.2) is 36.7 Å². The minimum atomic E-state index is 0.152. The van der Waals surface area contributed by atoms with E-state index in [9.17, 15) is 0 Å². The van der Waals surface area contributed by atoms with E-state index in [0.717, 1.165) is 12.1 Å². The number of aryl methyl sites for hydroxylation is 1. The molecule has 0 radical (unpaired) electrons. The first-order chi connectivity index (χ1) is 9.22. The molecule has 0 bridgehead atoms. The fourth-order valence-corrected chi connectivity index (χ4v) is 1.97. The van der Waals surface area contributed by atoms with Crippen molar-refractivity contribution in [3.8, 4) is 5.88 Å². The Balaban J connectivity index is 2.17. The summed E-state index contributed by atoms with van der Waals surface area (Å²) in [6, 6.07) is 10.6. The summed E-state index contributed by atoms with van der Waals surface area (Å²) < 4.78 is 5.14. The molecule has 0 spiro atoms. The van der Waals surface area contributed by atoms with Crippen molar-refractivity contribution in [3.63, 3.8) is 0 Å². The van der Waals surface area contributed by atoms with E-state index in [-0.39, 0.29) is 6.04 Å². The van der Waals surface area contributed by atoms with Gasteiger partial charge in [0.15, 0.2) is 0 Å². The summed E-state index contributed by atoms with van der Waals surface area (Å²) in [5.41, 5.74) is 3.49. The molecular weight excluding hydrogens is 238 g/mol. The molecule has 1 atom stereocenters. The first-order valence-corrected chi connectivity index (χ1v) is 6.31. The number of aromatic nitrogens is 2. The van der Waals surface area contributed by atoms with E-state index in [4.69, 9.17) is 4.74 Å². The van der Waals surface area contributed by atoms with Crippen LogP contribution in [0.2, 0.25) is 0 Å². The minimum absolute atomic E-state index is 0.152. The molecule has 0 aliphatic carbocycles. The maximum atomic E-state index is 5.14. The molecule has 100 valence electrons. The van der Waals surface area contributed by atoms with Gasteiger partial charge in [-0.1, -0.05) is 29.8 Å². The maximum Gasteiger partial charge on any atom is 0.216 e. The molecular formula is C15H19N3O. The van der Waals surface area contributed by atoms with Crippen LogP contribution in [0.25, 0.3) is 0 Å². The Morgan fingerprint density at radius 3 is 2.58 bits per heavy atom. The van der Waals surface area contributed by atoms with Crippen molar-refractivity contribution in [3.05, 3.63) is 53.5 Å². The zero-order chi connectivity index (χ0) is 13.7. The van der Waals surface area contributed by atoms with E-state index in [1.807, 2.05) is 13.1 Å². The van der Waals surface area contributed by atoms with Gasteiger partial charge >= 0.3 is 0 Å². The molecule has 0 saturated carbocycles. The van der Waals surface area contributed by atoms with E-state index >= 15 is 0 Å². The number of hydrogen-bond acceptors (Lipinski definition) is 4. The quantitative estimate of drug-likeness (QED) is 0.892. The van der Waals surface area contributed by atoms with E-state index in [0.29, 0.717) is 5.88 Å². The van der Waals surface area contributed by atoms with Crippen LogP contribution in [0.4, 0.5) is 0 Å². The van der Waals surface area contributed by atoms with Gasteiger partial charge in [-0.15, -0.1) is 0 Å². The zero-order valence-corrected chi connectivity index (χ0v) is 11.6. The van der Waals surface area contributed by atoms with Crippen molar-refractivity contribution in [2.75, 3.05) is 14.2 Å². The highest BCUT2D eigenvalue weighted by atomic mass is 16.5. The van der Waals surface area contributed by atoms with Crippen LogP contribution in [-0.2, 0) is 6.42 Å². The Kier molecular flexibility index (Phi) is 4.47. The third-order valence-electron chi connectivity index (χ3n) is 3.14. The van der Waals surface area contributed by atoms with Gasteiger partial charge in [0.25, 0.3) is 0 Å². The van der Waals surface area contributed by atoms with Crippen LogP contribution in [0.1, 0.15) is 22.9 Å². The first-order valence-electron chi connectivity index (χ1n) is 6.31. The van der Waals surface area contributed by atoms with Crippen LogP contribution in [0.5, 0.6) is 5.88 Å². The van der Waals surface area contributed by atoms with Crippen LogP contribution >= 0.6 is 0 Å². The van der Waals surface area contributed by atoms with E-state index in [2.05, 4.69) is 46.5 Å². The van der Waals surface area contributed by atoms with Gasteiger partial charge < -0.3 is 10.1 Å². The van der Waals surface area contributed by atoms with Crippen molar-refractivity contribution < 1.29 is 4.74 Å². The largest absolute Gasteiger partial charge is 0.481 e. The van der Waals surface area contributed by atoms with Crippen LogP contribution < -0.4 is 10.1 Å². The highest BCUT2D eigenvalue weighted by Gasteiger charge is 2.12. The van der Waals surface area contributed by atoms with Crippen molar-refractivity contribution in [1.82, 2.24) is 15.3 Å². The second-order valence-corrected chi connectivity index (χ2v) is 4.52. The van der Waals surface area contributed by atoms with Crippen molar-refractivity contribution in [1.29, 1.82) is 0 Å². The zero-order valence-electron chi connectivity index (χ0n) is 11.6. The molecule has 0 amide bonds. The number of methoxy groups -OCH3 is 1. The monoisotopic (exact) mass is 257 g/mol. The van der Waals surface area contributed by atoms with E-state index in [1.54, 1.807) is 7.11 Å². The molecule has 0 saturated heterocycles. The normalized spacial score (nSPS) is 12.2. The fraction of sp³-hybridized carbons (Fsp3) is 0.333. The van der Waals surface area contributed by atoms with Gasteiger partial charge in [0, 0.05) is 6.07 Å². The van der Waals surface area contributed by atoms with Gasteiger partial charge in [-0.05, 0) is 26.0 Å². The van der Waals surface area contributed by atoms with Crippen molar-refractivity contribution in [2.45, 2.75) is 19.4 Å². The van der Waals surface area contributed by atoms with Crippen LogP contribution in [0.3, 0.4) is 0 Å². The average Bonchev–Trinajstić information content (AvgIpc) is 2.46. The van der Waals surface area contributed by atoms with Crippen molar-refractivity contribution in [2.24, 2.45) is 0 Å². The third kappa shape index (κ3) is 3.51. The second kappa shape index (κ2) is 6.29. The van der Waals surface area contributed by atoms with Crippen LogP contribution in [-0.4, -0.2) is 24.1 Å². The second-order valence-electron chi connectivity index (χ2n) is 4.52. The van der Waals surface area contributed by atoms with Crippen LogP contribution in [0, 0.1) is 6.92 Å². The first kappa shape index (κ1) is 13.5. The number of nitrogens with zero attached hydrogens (tertiary/aromatic N) is 2. The van der Waals surface area contributed by atoms with Gasteiger partial charge in [0.2, 0.25) is 5.88 Å². The highest BCUT2D eigenvalue weighted by Crippen LogP contribution is 2.18. The molecule has 1 aromatic carbocycles. The molecule has 1 aromatic heterocycles. The predicted octanol–water partition coefficient (Wildman–Crippen LogP) is 2.30. The van der Waals surface area contributed by atoms with Gasteiger partial charge in [0.1, 0.15) is 6.33 Å². The number of hydrogen-bond donors (Lipinski definition) is 1. The summed E-state index contributed by atoms with van der Waals surface area (Å²) in [4.78, 5) is 8.35. The molecule has 4 heteroatoms. The third-order valence-corrected chi connectivity index (χ3v) is 3.14. The topological polar surface area (TPSA) is 47.0 Å². The lowest BCUT2D eigenvalue weighted by molar-refractivity contribution is 0.394. The van der Waals surface area contributed by atoms with Gasteiger partial charge in [-0.2, -0.15) is 0 Å². The lowest BCUT2D eigenvalue weighted by Gasteiger charge is -2.16. The lowest BCUT2D eigenvalue weighted by atomic mass is 10.0. The van der Waals surface area contributed by atoms with E-state index in [1.165, 1.54) is 17.5 Å². The van der Waals surface area contributed by atoms with Crippen molar-refractivity contribution >= 4 is 0 Å². The highest BCUT2D eigenvalue weighted by molar-refractivity contribution is 5.24. The number of likely N-dealkylation sites (N-methyl/N-ethyl adjacent to an activating group) is 1. The molecule has 1 N–H and O–H groups in total. The Labute approximate surface area is 113 Å². The van der Waals surface area contributed by atoms with Gasteiger partial charge in [0.05, 0.1) is 18.8 Å². The summed E-state index contributed by atoms with van der Waals surface area (Å²) in [5, 5.41) is 3.29. The molecule has 1 heterocycles. The molecule has 2 rings (SSSR count). The molecule has 4 nitrogen and oxygen atoms in total. The summed E-state index contributed by atoms with van der Waals surface area (Å²) >= 11 is 0. The van der Waals surface area contributed by atoms with Gasteiger partial charge in [-0.25, -0.2) is 9.97 Å². The summed E-state index contributed by atoms with van der Waals surface area (Å²) in [5.74, 6) is 0.592. The SMILES string of the molecule is CNC(Cc1ccc(C)cc1)c1cc(OC)ncn1. The average molecular weight is 257 g/mol. The molecule has 0 aliphatic heterocycles. The summed E-state index contributed by atoms with van der Waals surface area (Å²) in [7, 11) is 3.55. The number of nitrogens with one attached hydrogen (secondary N) is 1. The molecule has 2 aromatic rings. The summed E-state index contributed by atoms with van der Waals surface area (Å²) in [6.45, 7) is 2.09. The Morgan fingerprint density at radius 1 is 1.21 bits per heavy atom. The Morgan fingerprint density at radius 2 is 1.95 bits per heavy atom. The number of rotatable bonds is 5. The number of benzene rings is 1. The Hall–Kier alpha value is -1.94. The molecule has 1 unspecified atom stereocenters. The van der Waals surface area contributed by atoms with E-state index < -0.39 is 0 Å². The smallest absolute Gasteiger partial charge is 0.216 e. The molecule has 0 aliphatic rings. The predicted molar refractivity (Wildman–Crippen MR) is 75.3 cm³/mol. The molecule has 0 fully saturated rings. The number of ether oxygens (including phenoxy) is 1. The Bertz CT molecular complexity index is 525. The lowest BCUT2D eigenvalue weighted by Crippen LogP contribution is -2.20. The summed E-state index contributed by atoms with van der Waals surface area (Å²) in [6.07, 6.45) is 2.42. The maximum absolute atomic E-state index is 5.14. The molecule has 19 heavy (non-hydrogen) atoms. The fourth-order valence-electron chi connectivity index (χ4n) is 1.97. The van der Waals surface area contributed by atoms with Gasteiger partial charge in [-0.3, -0.25) is 0 Å². The standard InChI is InChI=1S/C15H19N3O/c1-11-4-6-12(7-5-11)8-13(16-2)14-9-15(19-3)18-10-17-14/h4-7,9-10,13,16H,8H2,1-3H3. The minimum Gasteiger partial charge on any atom is -0.481 e.